The van der Waals surface area contributed by atoms with E-state index < -0.39 is 6.10 Å². The number of anilines is 1. The summed E-state index contributed by atoms with van der Waals surface area (Å²) in [5, 5.41) is 13.0. The van der Waals surface area contributed by atoms with Crippen molar-refractivity contribution in [2.24, 2.45) is 0 Å². The van der Waals surface area contributed by atoms with Gasteiger partial charge in [0.05, 0.1) is 6.26 Å². The molecule has 3 rings (SSSR count). The van der Waals surface area contributed by atoms with Crippen LogP contribution in [0.5, 0.6) is 0 Å². The number of aryl methyl sites for hydroxylation is 1. The molecule has 1 aromatic heterocycles. The van der Waals surface area contributed by atoms with Crippen molar-refractivity contribution < 1.29 is 14.3 Å². The van der Waals surface area contributed by atoms with Crippen molar-refractivity contribution in [1.29, 1.82) is 0 Å². The summed E-state index contributed by atoms with van der Waals surface area (Å²) in [5.41, 5.74) is 2.67. The molecule has 1 aliphatic heterocycles. The molecule has 0 spiro atoms. The molecular weight excluding hydrogens is 230 g/mol. The largest absolute Gasteiger partial charge is 0.466 e. The second-order valence-electron chi connectivity index (χ2n) is 4.38. The van der Waals surface area contributed by atoms with E-state index in [-0.39, 0.29) is 5.91 Å². The maximum atomic E-state index is 11.3. The number of aliphatic hydroxyl groups excluding tert-OH is 1. The van der Waals surface area contributed by atoms with Crippen LogP contribution < -0.4 is 5.32 Å². The Morgan fingerprint density at radius 1 is 1.28 bits per heavy atom. The Kier molecular flexibility index (Phi) is 2.64. The van der Waals surface area contributed by atoms with E-state index in [1.807, 2.05) is 12.1 Å². The van der Waals surface area contributed by atoms with Crippen LogP contribution >= 0.6 is 0 Å². The average molecular weight is 243 g/mol. The molecule has 1 unspecified atom stereocenters. The molecule has 4 nitrogen and oxygen atoms in total. The van der Waals surface area contributed by atoms with Gasteiger partial charge in [0.15, 0.2) is 0 Å². The van der Waals surface area contributed by atoms with Crippen LogP contribution in [-0.4, -0.2) is 11.0 Å². The SMILES string of the molecule is O=C1CCc2cc(C(O)c3ccco3)ccc2N1. The van der Waals surface area contributed by atoms with Gasteiger partial charge in [-0.05, 0) is 35.7 Å². The highest BCUT2D eigenvalue weighted by Gasteiger charge is 2.18. The highest BCUT2D eigenvalue weighted by atomic mass is 16.4. The number of furan rings is 1. The Morgan fingerprint density at radius 2 is 2.17 bits per heavy atom. The molecule has 92 valence electrons. The summed E-state index contributed by atoms with van der Waals surface area (Å²) in [6, 6.07) is 9.04. The van der Waals surface area contributed by atoms with E-state index in [2.05, 4.69) is 5.32 Å². The zero-order valence-corrected chi connectivity index (χ0v) is 9.72. The van der Waals surface area contributed by atoms with Gasteiger partial charge in [-0.2, -0.15) is 0 Å². The summed E-state index contributed by atoms with van der Waals surface area (Å²) in [7, 11) is 0. The molecular formula is C14H13NO3. The highest BCUT2D eigenvalue weighted by Crippen LogP contribution is 2.29. The minimum Gasteiger partial charge on any atom is -0.466 e. The molecule has 1 aliphatic rings. The van der Waals surface area contributed by atoms with Crippen LogP contribution in [0.1, 0.15) is 29.4 Å². The van der Waals surface area contributed by atoms with Gasteiger partial charge in [0.2, 0.25) is 5.91 Å². The Hall–Kier alpha value is -2.07. The second kappa shape index (κ2) is 4.31. The Bertz CT molecular complexity index is 575. The molecule has 2 heterocycles. The quantitative estimate of drug-likeness (QED) is 0.850. The van der Waals surface area contributed by atoms with E-state index in [4.69, 9.17) is 4.42 Å². The molecule has 2 N–H and O–H groups in total. The first-order valence-corrected chi connectivity index (χ1v) is 5.88. The monoisotopic (exact) mass is 243 g/mol. The van der Waals surface area contributed by atoms with Gasteiger partial charge in [-0.3, -0.25) is 4.79 Å². The molecule has 4 heteroatoms. The van der Waals surface area contributed by atoms with Crippen LogP contribution in [-0.2, 0) is 11.2 Å². The molecule has 1 aromatic carbocycles. The Morgan fingerprint density at radius 3 is 2.94 bits per heavy atom. The number of aliphatic hydroxyl groups is 1. The molecule has 0 radical (unpaired) electrons. The van der Waals surface area contributed by atoms with E-state index in [0.29, 0.717) is 18.6 Å². The van der Waals surface area contributed by atoms with E-state index in [1.54, 1.807) is 18.2 Å². The van der Waals surface area contributed by atoms with Crippen LogP contribution in [0.2, 0.25) is 0 Å². The smallest absolute Gasteiger partial charge is 0.224 e. The number of rotatable bonds is 2. The Labute approximate surface area is 104 Å². The number of amides is 1. The van der Waals surface area contributed by atoms with Crippen LogP contribution in [0, 0.1) is 0 Å². The Balaban J connectivity index is 1.93. The topological polar surface area (TPSA) is 62.5 Å². The van der Waals surface area contributed by atoms with Crippen molar-refractivity contribution in [3.05, 3.63) is 53.5 Å². The van der Waals surface area contributed by atoms with Crippen LogP contribution in [0.25, 0.3) is 0 Å². The lowest BCUT2D eigenvalue weighted by Gasteiger charge is -2.18. The van der Waals surface area contributed by atoms with E-state index >= 15 is 0 Å². The fourth-order valence-corrected chi connectivity index (χ4v) is 2.18. The normalized spacial score (nSPS) is 15.9. The van der Waals surface area contributed by atoms with Gasteiger partial charge in [-0.1, -0.05) is 12.1 Å². The maximum absolute atomic E-state index is 11.3. The molecule has 0 saturated carbocycles. The standard InChI is InChI=1S/C14H13NO3/c16-13-6-4-9-8-10(3-5-11(9)15-13)14(17)12-2-1-7-18-12/h1-3,5,7-8,14,17H,4,6H2,(H,15,16). The number of benzene rings is 1. The first kappa shape index (κ1) is 11.0. The minimum absolute atomic E-state index is 0.0434. The van der Waals surface area contributed by atoms with Crippen LogP contribution in [0.15, 0.2) is 41.0 Å². The zero-order chi connectivity index (χ0) is 12.5. The van der Waals surface area contributed by atoms with E-state index in [9.17, 15) is 9.90 Å². The lowest BCUT2D eigenvalue weighted by molar-refractivity contribution is -0.116. The molecule has 0 bridgehead atoms. The maximum Gasteiger partial charge on any atom is 0.224 e. The fraction of sp³-hybridized carbons (Fsp3) is 0.214. The van der Waals surface area contributed by atoms with E-state index in [1.165, 1.54) is 6.26 Å². The van der Waals surface area contributed by atoms with Crippen molar-refractivity contribution in [2.45, 2.75) is 18.9 Å². The molecule has 18 heavy (non-hydrogen) atoms. The van der Waals surface area contributed by atoms with E-state index in [0.717, 1.165) is 16.8 Å². The first-order chi connectivity index (χ1) is 8.74. The minimum atomic E-state index is -0.761. The number of hydrogen-bond acceptors (Lipinski definition) is 3. The van der Waals surface area contributed by atoms with Gasteiger partial charge < -0.3 is 14.8 Å². The van der Waals surface area contributed by atoms with Crippen molar-refractivity contribution >= 4 is 11.6 Å². The molecule has 1 amide bonds. The summed E-state index contributed by atoms with van der Waals surface area (Å²) in [6.45, 7) is 0. The highest BCUT2D eigenvalue weighted by molar-refractivity contribution is 5.93. The number of carbonyl (C=O) groups excluding carboxylic acids is 1. The number of hydrogen-bond donors (Lipinski definition) is 2. The fourth-order valence-electron chi connectivity index (χ4n) is 2.18. The molecule has 1 atom stereocenters. The van der Waals surface area contributed by atoms with Crippen molar-refractivity contribution in [2.75, 3.05) is 5.32 Å². The van der Waals surface area contributed by atoms with Gasteiger partial charge in [0.1, 0.15) is 11.9 Å². The van der Waals surface area contributed by atoms with Gasteiger partial charge in [-0.15, -0.1) is 0 Å². The van der Waals surface area contributed by atoms with Crippen molar-refractivity contribution in [3.63, 3.8) is 0 Å². The summed E-state index contributed by atoms with van der Waals surface area (Å²) < 4.78 is 5.19. The lowest BCUT2D eigenvalue weighted by atomic mass is 9.97. The first-order valence-electron chi connectivity index (χ1n) is 5.88. The molecule has 0 fully saturated rings. The van der Waals surface area contributed by atoms with Crippen molar-refractivity contribution in [1.82, 2.24) is 0 Å². The van der Waals surface area contributed by atoms with Gasteiger partial charge >= 0.3 is 0 Å². The predicted octanol–water partition coefficient (Wildman–Crippen LogP) is 2.25. The third kappa shape index (κ3) is 1.91. The third-order valence-corrected chi connectivity index (χ3v) is 3.15. The predicted molar refractivity (Wildman–Crippen MR) is 66.2 cm³/mol. The number of nitrogens with one attached hydrogen (secondary N) is 1. The van der Waals surface area contributed by atoms with Crippen LogP contribution in [0.3, 0.4) is 0 Å². The zero-order valence-electron chi connectivity index (χ0n) is 9.72. The van der Waals surface area contributed by atoms with Gasteiger partial charge in [0, 0.05) is 12.1 Å². The average Bonchev–Trinajstić information content (AvgIpc) is 2.91. The summed E-state index contributed by atoms with van der Waals surface area (Å²) >= 11 is 0. The summed E-state index contributed by atoms with van der Waals surface area (Å²) in [5.74, 6) is 0.566. The van der Waals surface area contributed by atoms with Crippen molar-refractivity contribution in [3.8, 4) is 0 Å². The van der Waals surface area contributed by atoms with Crippen LogP contribution in [0.4, 0.5) is 5.69 Å². The summed E-state index contributed by atoms with van der Waals surface area (Å²) in [6.07, 6.45) is 1.98. The molecule has 2 aromatic rings. The molecule has 0 aliphatic carbocycles. The lowest BCUT2D eigenvalue weighted by Crippen LogP contribution is -2.19. The van der Waals surface area contributed by atoms with Gasteiger partial charge in [0.25, 0.3) is 0 Å². The number of fused-ring (bicyclic) bond motifs is 1. The summed E-state index contributed by atoms with van der Waals surface area (Å²) in [4.78, 5) is 11.3. The van der Waals surface area contributed by atoms with Gasteiger partial charge in [-0.25, -0.2) is 0 Å². The second-order valence-corrected chi connectivity index (χ2v) is 4.38. The number of carbonyl (C=O) groups is 1. The molecule has 0 saturated heterocycles. The third-order valence-electron chi connectivity index (χ3n) is 3.15.